The standard InChI is InChI=1S/C24H26FN5OS/c1-2-3-4-7-14-26-21(31)16-32-24-27-23-22(28-29-24)19-8-5-6-9-20(19)30(23)15-17-10-12-18(25)13-11-17/h5-6,8-13H,2-4,7,14-16H2,1H3,(H,26,31). The molecule has 1 amide bonds. The van der Waals surface area contributed by atoms with Gasteiger partial charge in [-0.05, 0) is 30.2 Å². The van der Waals surface area contributed by atoms with Gasteiger partial charge in [0.25, 0.3) is 0 Å². The monoisotopic (exact) mass is 451 g/mol. The van der Waals surface area contributed by atoms with Crippen LogP contribution in [0.5, 0.6) is 0 Å². The maximum Gasteiger partial charge on any atom is 0.230 e. The number of nitrogens with one attached hydrogen (secondary N) is 1. The van der Waals surface area contributed by atoms with E-state index in [1.807, 2.05) is 24.3 Å². The van der Waals surface area contributed by atoms with Crippen molar-refractivity contribution < 1.29 is 9.18 Å². The van der Waals surface area contributed by atoms with E-state index in [0.717, 1.165) is 29.3 Å². The van der Waals surface area contributed by atoms with Crippen molar-refractivity contribution in [2.24, 2.45) is 0 Å². The first kappa shape index (κ1) is 22.2. The van der Waals surface area contributed by atoms with E-state index in [-0.39, 0.29) is 17.5 Å². The van der Waals surface area contributed by atoms with E-state index in [0.29, 0.717) is 29.4 Å². The van der Waals surface area contributed by atoms with Crippen LogP contribution in [0.3, 0.4) is 0 Å². The molecule has 4 rings (SSSR count). The van der Waals surface area contributed by atoms with Gasteiger partial charge in [-0.2, -0.15) is 0 Å². The van der Waals surface area contributed by atoms with Gasteiger partial charge in [-0.1, -0.05) is 68.3 Å². The molecule has 0 saturated carbocycles. The summed E-state index contributed by atoms with van der Waals surface area (Å²) in [4.78, 5) is 16.9. The maximum atomic E-state index is 13.3. The zero-order valence-corrected chi connectivity index (χ0v) is 18.9. The average Bonchev–Trinajstić information content (AvgIpc) is 3.12. The summed E-state index contributed by atoms with van der Waals surface area (Å²) in [5, 5.41) is 13.0. The number of rotatable bonds is 10. The molecule has 0 spiro atoms. The van der Waals surface area contributed by atoms with E-state index in [4.69, 9.17) is 4.98 Å². The number of hydrogen-bond donors (Lipinski definition) is 1. The van der Waals surface area contributed by atoms with Crippen molar-refractivity contribution in [2.75, 3.05) is 12.3 Å². The Morgan fingerprint density at radius 3 is 2.69 bits per heavy atom. The van der Waals surface area contributed by atoms with Gasteiger partial charge >= 0.3 is 0 Å². The zero-order valence-electron chi connectivity index (χ0n) is 18.1. The number of fused-ring (bicyclic) bond motifs is 3. The lowest BCUT2D eigenvalue weighted by atomic mass is 10.2. The molecule has 32 heavy (non-hydrogen) atoms. The minimum absolute atomic E-state index is 0.0259. The van der Waals surface area contributed by atoms with Crippen molar-refractivity contribution in [1.29, 1.82) is 0 Å². The largest absolute Gasteiger partial charge is 0.355 e. The third-order valence-electron chi connectivity index (χ3n) is 5.29. The highest BCUT2D eigenvalue weighted by Crippen LogP contribution is 2.28. The summed E-state index contributed by atoms with van der Waals surface area (Å²) in [5.41, 5.74) is 3.37. The number of benzene rings is 2. The van der Waals surface area contributed by atoms with Gasteiger partial charge in [-0.15, -0.1) is 10.2 Å². The SMILES string of the molecule is CCCCCCNC(=O)CSc1nnc2c3ccccc3n(Cc3ccc(F)cc3)c2n1. The van der Waals surface area contributed by atoms with Crippen LogP contribution in [0.2, 0.25) is 0 Å². The molecule has 0 bridgehead atoms. The highest BCUT2D eigenvalue weighted by atomic mass is 32.2. The molecule has 8 heteroatoms. The van der Waals surface area contributed by atoms with E-state index in [2.05, 4.69) is 27.0 Å². The normalized spacial score (nSPS) is 11.3. The van der Waals surface area contributed by atoms with Crippen molar-refractivity contribution in [1.82, 2.24) is 25.1 Å². The maximum absolute atomic E-state index is 13.3. The van der Waals surface area contributed by atoms with Crippen LogP contribution in [-0.2, 0) is 11.3 Å². The molecule has 2 aromatic carbocycles. The molecule has 0 aliphatic carbocycles. The molecule has 0 aliphatic heterocycles. The summed E-state index contributed by atoms with van der Waals surface area (Å²) in [5.74, 6) is -0.0385. The summed E-state index contributed by atoms with van der Waals surface area (Å²) >= 11 is 1.28. The predicted molar refractivity (Wildman–Crippen MR) is 126 cm³/mol. The Balaban J connectivity index is 1.53. The van der Waals surface area contributed by atoms with E-state index >= 15 is 0 Å². The van der Waals surface area contributed by atoms with E-state index in [1.54, 1.807) is 12.1 Å². The van der Waals surface area contributed by atoms with E-state index in [1.165, 1.54) is 36.7 Å². The number of carbonyl (C=O) groups excluding carboxylic acids is 1. The summed E-state index contributed by atoms with van der Waals surface area (Å²) in [6, 6.07) is 14.4. The van der Waals surface area contributed by atoms with Crippen molar-refractivity contribution in [3.63, 3.8) is 0 Å². The Kier molecular flexibility index (Phi) is 7.32. The first-order valence-corrected chi connectivity index (χ1v) is 11.9. The van der Waals surface area contributed by atoms with Crippen LogP contribution in [0.15, 0.2) is 53.7 Å². The van der Waals surface area contributed by atoms with Gasteiger partial charge < -0.3 is 9.88 Å². The van der Waals surface area contributed by atoms with Gasteiger partial charge in [0, 0.05) is 18.5 Å². The molecule has 2 heterocycles. The van der Waals surface area contributed by atoms with Crippen LogP contribution >= 0.6 is 11.8 Å². The number of carbonyl (C=O) groups is 1. The van der Waals surface area contributed by atoms with Gasteiger partial charge in [-0.25, -0.2) is 9.37 Å². The van der Waals surface area contributed by atoms with Gasteiger partial charge in [0.05, 0.1) is 11.3 Å². The fourth-order valence-electron chi connectivity index (χ4n) is 3.64. The number of thioether (sulfide) groups is 1. The fourth-order valence-corrected chi connectivity index (χ4v) is 4.26. The summed E-state index contributed by atoms with van der Waals surface area (Å²) < 4.78 is 15.4. The first-order chi connectivity index (χ1) is 15.7. The molecule has 2 aromatic heterocycles. The Morgan fingerprint density at radius 1 is 1.06 bits per heavy atom. The molecule has 0 radical (unpaired) electrons. The number of aromatic nitrogens is 4. The van der Waals surface area contributed by atoms with Crippen molar-refractivity contribution in [2.45, 2.75) is 44.3 Å². The van der Waals surface area contributed by atoms with Crippen molar-refractivity contribution >= 4 is 39.7 Å². The van der Waals surface area contributed by atoms with Gasteiger partial charge in [0.1, 0.15) is 11.3 Å². The third kappa shape index (κ3) is 5.24. The van der Waals surface area contributed by atoms with Crippen LogP contribution in [0.4, 0.5) is 4.39 Å². The number of para-hydroxylation sites is 1. The summed E-state index contributed by atoms with van der Waals surface area (Å²) in [6.45, 7) is 3.40. The molecule has 6 nitrogen and oxygen atoms in total. The Bertz CT molecular complexity index is 1210. The smallest absolute Gasteiger partial charge is 0.230 e. The van der Waals surface area contributed by atoms with E-state index < -0.39 is 0 Å². The number of amides is 1. The Labute approximate surface area is 190 Å². The lowest BCUT2D eigenvalue weighted by Crippen LogP contribution is -2.26. The van der Waals surface area contributed by atoms with Gasteiger partial charge in [0.2, 0.25) is 11.1 Å². The minimum Gasteiger partial charge on any atom is -0.355 e. The summed E-state index contributed by atoms with van der Waals surface area (Å²) in [7, 11) is 0. The molecule has 0 fully saturated rings. The lowest BCUT2D eigenvalue weighted by Gasteiger charge is -2.07. The van der Waals surface area contributed by atoms with Crippen molar-refractivity contribution in [3.05, 3.63) is 59.9 Å². The van der Waals surface area contributed by atoms with Crippen molar-refractivity contribution in [3.8, 4) is 0 Å². The molecular weight excluding hydrogens is 425 g/mol. The second-order valence-corrected chi connectivity index (χ2v) is 8.64. The first-order valence-electron chi connectivity index (χ1n) is 10.9. The molecule has 0 saturated heterocycles. The summed E-state index contributed by atoms with van der Waals surface area (Å²) in [6.07, 6.45) is 4.49. The second kappa shape index (κ2) is 10.5. The lowest BCUT2D eigenvalue weighted by molar-refractivity contribution is -0.118. The quantitative estimate of drug-likeness (QED) is 0.273. The molecule has 1 N–H and O–H groups in total. The second-order valence-electron chi connectivity index (χ2n) is 7.70. The Morgan fingerprint density at radius 2 is 1.88 bits per heavy atom. The number of nitrogens with zero attached hydrogens (tertiary/aromatic N) is 4. The fraction of sp³-hybridized carbons (Fsp3) is 0.333. The molecule has 4 aromatic rings. The minimum atomic E-state index is -0.262. The van der Waals surface area contributed by atoms with E-state index in [9.17, 15) is 9.18 Å². The Hall–Kier alpha value is -3.00. The van der Waals surface area contributed by atoms with Crippen LogP contribution in [-0.4, -0.2) is 38.0 Å². The van der Waals surface area contributed by atoms with Crippen LogP contribution in [0.1, 0.15) is 38.2 Å². The highest BCUT2D eigenvalue weighted by molar-refractivity contribution is 7.99. The topological polar surface area (TPSA) is 72.7 Å². The molecule has 0 aliphatic rings. The number of hydrogen-bond acceptors (Lipinski definition) is 5. The zero-order chi connectivity index (χ0) is 22.3. The number of halogens is 1. The van der Waals surface area contributed by atoms with Gasteiger partial charge in [0.15, 0.2) is 5.65 Å². The molecule has 166 valence electrons. The molecule has 0 unspecified atom stereocenters. The predicted octanol–water partition coefficient (Wildman–Crippen LogP) is 4.96. The van der Waals surface area contributed by atoms with Crippen LogP contribution in [0.25, 0.3) is 22.1 Å². The molecule has 0 atom stereocenters. The van der Waals surface area contributed by atoms with Crippen LogP contribution < -0.4 is 5.32 Å². The van der Waals surface area contributed by atoms with Crippen LogP contribution in [0, 0.1) is 5.82 Å². The highest BCUT2D eigenvalue weighted by Gasteiger charge is 2.16. The average molecular weight is 452 g/mol. The number of unbranched alkanes of at least 4 members (excludes halogenated alkanes) is 3. The van der Waals surface area contributed by atoms with Gasteiger partial charge in [-0.3, -0.25) is 4.79 Å². The third-order valence-corrected chi connectivity index (χ3v) is 6.13. The molecular formula is C24H26FN5OS.